The Kier molecular flexibility index (Phi) is 5.78. The molecule has 2 aliphatic heterocycles. The number of aromatic nitrogens is 2. The Morgan fingerprint density at radius 3 is 2.18 bits per heavy atom. The number of morpholine rings is 1. The summed E-state index contributed by atoms with van der Waals surface area (Å²) in [6, 6.07) is 11.0. The highest BCUT2D eigenvalue weighted by molar-refractivity contribution is 6.30. The summed E-state index contributed by atoms with van der Waals surface area (Å²) in [5.41, 5.74) is 0.699. The van der Waals surface area contributed by atoms with Gasteiger partial charge in [0.1, 0.15) is 0 Å². The molecule has 2 fully saturated rings. The van der Waals surface area contributed by atoms with Crippen molar-refractivity contribution in [3.05, 3.63) is 41.4 Å². The van der Waals surface area contributed by atoms with Gasteiger partial charge in [-0.1, -0.05) is 17.7 Å². The molecule has 0 unspecified atom stereocenters. The zero-order valence-corrected chi connectivity index (χ0v) is 16.3. The zero-order chi connectivity index (χ0) is 19.3. The number of rotatable bonds is 3. The first kappa shape index (κ1) is 18.8. The SMILES string of the molecule is O=C(Nc1cccc(Cl)c1)N1CCN(c2ccc(N3CCOCC3)nn2)CC1. The number of hydrogen-bond donors (Lipinski definition) is 1. The molecule has 148 valence electrons. The van der Waals surface area contributed by atoms with Gasteiger partial charge in [-0.25, -0.2) is 4.79 Å². The van der Waals surface area contributed by atoms with Crippen LogP contribution in [0.25, 0.3) is 0 Å². The minimum Gasteiger partial charge on any atom is -0.378 e. The third-order valence-electron chi connectivity index (χ3n) is 4.94. The number of ether oxygens (including phenoxy) is 1. The second-order valence-electron chi connectivity index (χ2n) is 6.76. The number of hydrogen-bond acceptors (Lipinski definition) is 6. The van der Waals surface area contributed by atoms with Crippen molar-refractivity contribution >= 4 is 35.0 Å². The Morgan fingerprint density at radius 1 is 0.929 bits per heavy atom. The van der Waals surface area contributed by atoms with Crippen molar-refractivity contribution in [2.45, 2.75) is 0 Å². The number of anilines is 3. The van der Waals surface area contributed by atoms with E-state index >= 15 is 0 Å². The molecule has 9 heteroatoms. The van der Waals surface area contributed by atoms with Crippen molar-refractivity contribution in [2.75, 3.05) is 67.6 Å². The van der Waals surface area contributed by atoms with Gasteiger partial charge >= 0.3 is 6.03 Å². The number of halogens is 1. The van der Waals surface area contributed by atoms with Crippen LogP contribution in [0.2, 0.25) is 5.02 Å². The second-order valence-corrected chi connectivity index (χ2v) is 7.20. The van der Waals surface area contributed by atoms with E-state index in [0.717, 1.165) is 37.9 Å². The van der Waals surface area contributed by atoms with Crippen molar-refractivity contribution < 1.29 is 9.53 Å². The molecule has 0 aliphatic carbocycles. The molecule has 2 amide bonds. The van der Waals surface area contributed by atoms with Gasteiger partial charge in [0.2, 0.25) is 0 Å². The Balaban J connectivity index is 1.30. The fourth-order valence-corrected chi connectivity index (χ4v) is 3.55. The zero-order valence-electron chi connectivity index (χ0n) is 15.6. The van der Waals surface area contributed by atoms with E-state index in [1.165, 1.54) is 0 Å². The average molecular weight is 403 g/mol. The summed E-state index contributed by atoms with van der Waals surface area (Å²) in [6.45, 7) is 5.82. The van der Waals surface area contributed by atoms with Gasteiger partial charge in [0.05, 0.1) is 13.2 Å². The summed E-state index contributed by atoms with van der Waals surface area (Å²) >= 11 is 5.97. The lowest BCUT2D eigenvalue weighted by atomic mass is 10.3. The number of piperazine rings is 1. The van der Waals surface area contributed by atoms with Crippen LogP contribution in [0.3, 0.4) is 0 Å². The van der Waals surface area contributed by atoms with Crippen LogP contribution in [0.4, 0.5) is 22.1 Å². The first-order chi connectivity index (χ1) is 13.7. The summed E-state index contributed by atoms with van der Waals surface area (Å²) in [7, 11) is 0. The number of nitrogens with one attached hydrogen (secondary N) is 1. The molecule has 2 saturated heterocycles. The third-order valence-corrected chi connectivity index (χ3v) is 5.17. The van der Waals surface area contributed by atoms with Crippen molar-refractivity contribution in [3.63, 3.8) is 0 Å². The maximum atomic E-state index is 12.5. The number of benzene rings is 1. The van der Waals surface area contributed by atoms with Crippen LogP contribution < -0.4 is 15.1 Å². The van der Waals surface area contributed by atoms with Crippen molar-refractivity contribution in [1.29, 1.82) is 0 Å². The normalized spacial score (nSPS) is 17.5. The Hall–Kier alpha value is -2.58. The van der Waals surface area contributed by atoms with E-state index in [1.54, 1.807) is 17.0 Å². The summed E-state index contributed by atoms with van der Waals surface area (Å²) in [5.74, 6) is 1.72. The highest BCUT2D eigenvalue weighted by atomic mass is 35.5. The van der Waals surface area contributed by atoms with Crippen LogP contribution in [0.1, 0.15) is 0 Å². The molecule has 1 aromatic carbocycles. The maximum Gasteiger partial charge on any atom is 0.321 e. The van der Waals surface area contributed by atoms with E-state index in [4.69, 9.17) is 16.3 Å². The van der Waals surface area contributed by atoms with Crippen molar-refractivity contribution in [2.24, 2.45) is 0 Å². The first-order valence-electron chi connectivity index (χ1n) is 9.42. The molecule has 0 saturated carbocycles. The van der Waals surface area contributed by atoms with Crippen LogP contribution >= 0.6 is 11.6 Å². The summed E-state index contributed by atoms with van der Waals surface area (Å²) in [4.78, 5) is 18.6. The summed E-state index contributed by atoms with van der Waals surface area (Å²) in [6.07, 6.45) is 0. The highest BCUT2D eigenvalue weighted by Gasteiger charge is 2.22. The van der Waals surface area contributed by atoms with E-state index in [2.05, 4.69) is 25.3 Å². The predicted molar refractivity (Wildman–Crippen MR) is 109 cm³/mol. The minimum atomic E-state index is -0.115. The fraction of sp³-hybridized carbons (Fsp3) is 0.421. The number of carbonyl (C=O) groups is 1. The van der Waals surface area contributed by atoms with E-state index < -0.39 is 0 Å². The fourth-order valence-electron chi connectivity index (χ4n) is 3.36. The second kappa shape index (κ2) is 8.62. The average Bonchev–Trinajstić information content (AvgIpc) is 2.75. The Morgan fingerprint density at radius 2 is 1.57 bits per heavy atom. The van der Waals surface area contributed by atoms with Crippen LogP contribution in [0.15, 0.2) is 36.4 Å². The van der Waals surface area contributed by atoms with Crippen LogP contribution in [-0.4, -0.2) is 73.6 Å². The van der Waals surface area contributed by atoms with Gasteiger partial charge in [-0.05, 0) is 30.3 Å². The van der Waals surface area contributed by atoms with Gasteiger partial charge in [-0.2, -0.15) is 0 Å². The molecule has 8 nitrogen and oxygen atoms in total. The standard InChI is InChI=1S/C19H23ClN6O2/c20-15-2-1-3-16(14-15)21-19(27)26-8-6-24(7-9-26)17-4-5-18(23-22-17)25-10-12-28-13-11-25/h1-5,14H,6-13H2,(H,21,27). The van der Waals surface area contributed by atoms with E-state index in [9.17, 15) is 4.79 Å². The first-order valence-corrected chi connectivity index (χ1v) is 9.80. The maximum absolute atomic E-state index is 12.5. The summed E-state index contributed by atoms with van der Waals surface area (Å²) < 4.78 is 5.37. The van der Waals surface area contributed by atoms with Crippen LogP contribution in [0, 0.1) is 0 Å². The van der Waals surface area contributed by atoms with Crippen LogP contribution in [-0.2, 0) is 4.74 Å². The smallest absolute Gasteiger partial charge is 0.321 e. The number of carbonyl (C=O) groups excluding carboxylic acids is 1. The third kappa shape index (κ3) is 4.45. The molecular weight excluding hydrogens is 380 g/mol. The highest BCUT2D eigenvalue weighted by Crippen LogP contribution is 2.19. The number of urea groups is 1. The van der Waals surface area contributed by atoms with E-state index in [1.807, 2.05) is 24.3 Å². The molecule has 1 N–H and O–H groups in total. The van der Waals surface area contributed by atoms with E-state index in [-0.39, 0.29) is 6.03 Å². The topological polar surface area (TPSA) is 73.8 Å². The van der Waals surface area contributed by atoms with Gasteiger partial charge in [-0.15, -0.1) is 10.2 Å². The van der Waals surface area contributed by atoms with Gasteiger partial charge < -0.3 is 24.8 Å². The van der Waals surface area contributed by atoms with Gasteiger partial charge in [0, 0.05) is 50.0 Å². The molecule has 0 bridgehead atoms. The van der Waals surface area contributed by atoms with Gasteiger partial charge in [-0.3, -0.25) is 0 Å². The largest absolute Gasteiger partial charge is 0.378 e. The van der Waals surface area contributed by atoms with Gasteiger partial charge in [0.25, 0.3) is 0 Å². The Labute approximate surface area is 169 Å². The Bertz CT molecular complexity index is 804. The number of nitrogens with zero attached hydrogens (tertiary/aromatic N) is 5. The van der Waals surface area contributed by atoms with E-state index in [0.29, 0.717) is 36.9 Å². The molecule has 3 heterocycles. The molecular formula is C19H23ClN6O2. The minimum absolute atomic E-state index is 0.115. The molecule has 4 rings (SSSR count). The molecule has 2 aliphatic rings. The summed E-state index contributed by atoms with van der Waals surface area (Å²) in [5, 5.41) is 12.2. The molecule has 0 spiro atoms. The quantitative estimate of drug-likeness (QED) is 0.849. The molecule has 1 aromatic heterocycles. The number of amides is 2. The molecule has 2 aromatic rings. The molecule has 28 heavy (non-hydrogen) atoms. The van der Waals surface area contributed by atoms with Crippen LogP contribution in [0.5, 0.6) is 0 Å². The molecule has 0 radical (unpaired) electrons. The lowest BCUT2D eigenvalue weighted by Gasteiger charge is -2.35. The molecule has 0 atom stereocenters. The monoisotopic (exact) mass is 402 g/mol. The lowest BCUT2D eigenvalue weighted by molar-refractivity contribution is 0.122. The van der Waals surface area contributed by atoms with Crippen molar-refractivity contribution in [1.82, 2.24) is 15.1 Å². The predicted octanol–water partition coefficient (Wildman–Crippen LogP) is 2.32. The van der Waals surface area contributed by atoms with Crippen molar-refractivity contribution in [3.8, 4) is 0 Å². The lowest BCUT2D eigenvalue weighted by Crippen LogP contribution is -2.50. The van der Waals surface area contributed by atoms with Gasteiger partial charge in [0.15, 0.2) is 11.6 Å².